The van der Waals surface area contributed by atoms with Gasteiger partial charge in [0.25, 0.3) is 10.1 Å². The number of aliphatic hydroxyl groups is 3. The Bertz CT molecular complexity index is 1240. The quantitative estimate of drug-likeness (QED) is 0.0200. The molecule has 0 spiro atoms. The summed E-state index contributed by atoms with van der Waals surface area (Å²) in [6.45, 7) is 3.62. The minimum absolute atomic E-state index is 0.142. The number of allylic oxidation sites excluding steroid dienone is 6. The van der Waals surface area contributed by atoms with E-state index in [0.717, 1.165) is 57.8 Å². The lowest BCUT2D eigenvalue weighted by atomic mass is 10.00. The molecule has 1 aliphatic rings. The van der Waals surface area contributed by atoms with E-state index in [9.17, 15) is 37.9 Å². The van der Waals surface area contributed by atoms with Gasteiger partial charge < -0.3 is 34.3 Å². The largest absolute Gasteiger partial charge is 0.462 e. The molecule has 0 radical (unpaired) electrons. The van der Waals surface area contributed by atoms with Crippen molar-refractivity contribution in [2.24, 2.45) is 0 Å². The van der Waals surface area contributed by atoms with E-state index in [1.165, 1.54) is 89.9 Å². The SMILES string of the molecule is CC/C=C/C=C/C=C/CCCCCCCC(=O)OC(COC(=O)CCCCCCCCCCCCCCCCCCCC)CO[C@H]1O[C@H](CS(=O)(=O)O)[C@@H](O)C(O)C1O. The standard InChI is InChI=1S/C46H82O12S/c1-3-5-7-9-11-13-15-17-18-19-20-21-23-24-26-28-30-32-34-41(47)55-36-39(37-56-46-45(51)44(50)43(49)40(58-46)38-59(52,53)54)57-42(48)35-33-31-29-27-25-22-16-14-12-10-8-6-4-2/h6,8,10,12,14,16,39-40,43-46,49-51H,3-5,7,9,11,13,15,17-38H2,1-2H3,(H,52,53,54)/b8-6+,12-10+,16-14+/t39?,40-,43-,44?,45?,46+/m1/s1. The number of carbonyl (C=O) groups is 2. The Morgan fingerprint density at radius 2 is 1.07 bits per heavy atom. The summed E-state index contributed by atoms with van der Waals surface area (Å²) in [7, 11) is -4.60. The van der Waals surface area contributed by atoms with Gasteiger partial charge in [0.1, 0.15) is 36.8 Å². The Kier molecular flexibility index (Phi) is 34.0. The van der Waals surface area contributed by atoms with Crippen LogP contribution >= 0.6 is 0 Å². The average molecular weight is 859 g/mol. The summed E-state index contributed by atoms with van der Waals surface area (Å²) >= 11 is 0. The van der Waals surface area contributed by atoms with Crippen molar-refractivity contribution in [3.05, 3.63) is 36.5 Å². The summed E-state index contributed by atoms with van der Waals surface area (Å²) in [6, 6.07) is 0. The molecule has 0 bridgehead atoms. The van der Waals surface area contributed by atoms with Crippen LogP contribution in [0.25, 0.3) is 0 Å². The molecule has 1 aliphatic heterocycles. The van der Waals surface area contributed by atoms with Gasteiger partial charge in [-0.1, -0.05) is 179 Å². The van der Waals surface area contributed by atoms with E-state index in [4.69, 9.17) is 18.9 Å². The third kappa shape index (κ3) is 31.4. The van der Waals surface area contributed by atoms with Gasteiger partial charge in [0.15, 0.2) is 12.4 Å². The first-order chi connectivity index (χ1) is 28.5. The average Bonchev–Trinajstić information content (AvgIpc) is 3.20. The monoisotopic (exact) mass is 859 g/mol. The van der Waals surface area contributed by atoms with Crippen LogP contribution in [0, 0.1) is 0 Å². The number of rotatable bonds is 38. The fraction of sp³-hybridized carbons (Fsp3) is 0.826. The number of esters is 2. The van der Waals surface area contributed by atoms with Crippen LogP contribution in [0.3, 0.4) is 0 Å². The fourth-order valence-corrected chi connectivity index (χ4v) is 7.66. The second-order valence-corrected chi connectivity index (χ2v) is 17.6. The van der Waals surface area contributed by atoms with Crippen molar-refractivity contribution >= 4 is 22.1 Å². The molecule has 3 unspecified atom stereocenters. The lowest BCUT2D eigenvalue weighted by Gasteiger charge is -2.40. The molecule has 6 atom stereocenters. The van der Waals surface area contributed by atoms with Crippen molar-refractivity contribution < 1.29 is 56.8 Å². The van der Waals surface area contributed by atoms with Crippen molar-refractivity contribution in [1.29, 1.82) is 0 Å². The number of unbranched alkanes of at least 4 members (excludes halogenated alkanes) is 22. The minimum Gasteiger partial charge on any atom is -0.462 e. The number of ether oxygens (including phenoxy) is 4. The Morgan fingerprint density at radius 3 is 1.58 bits per heavy atom. The van der Waals surface area contributed by atoms with Crippen LogP contribution in [-0.2, 0) is 38.7 Å². The normalized spacial score (nSPS) is 20.5. The van der Waals surface area contributed by atoms with Gasteiger partial charge in [-0.3, -0.25) is 14.1 Å². The lowest BCUT2D eigenvalue weighted by Crippen LogP contribution is -2.60. The molecule has 0 aromatic carbocycles. The zero-order valence-electron chi connectivity index (χ0n) is 36.6. The number of hydrogen-bond donors (Lipinski definition) is 4. The van der Waals surface area contributed by atoms with Crippen LogP contribution in [0.5, 0.6) is 0 Å². The zero-order valence-corrected chi connectivity index (χ0v) is 37.4. The van der Waals surface area contributed by atoms with E-state index in [1.807, 2.05) is 24.3 Å². The van der Waals surface area contributed by atoms with Crippen LogP contribution in [0.15, 0.2) is 36.5 Å². The Morgan fingerprint density at radius 1 is 0.593 bits per heavy atom. The summed E-state index contributed by atoms with van der Waals surface area (Å²) in [5, 5.41) is 30.9. The first kappa shape index (κ1) is 54.9. The molecule has 1 saturated heterocycles. The highest BCUT2D eigenvalue weighted by molar-refractivity contribution is 7.85. The van der Waals surface area contributed by atoms with E-state index < -0.39 is 71.2 Å². The summed E-state index contributed by atoms with van der Waals surface area (Å²) in [5.74, 6) is -2.00. The molecule has 0 aliphatic carbocycles. The van der Waals surface area contributed by atoms with E-state index in [2.05, 4.69) is 26.0 Å². The maximum atomic E-state index is 12.8. The van der Waals surface area contributed by atoms with Crippen molar-refractivity contribution in [2.75, 3.05) is 19.0 Å². The molecule has 1 fully saturated rings. The van der Waals surface area contributed by atoms with Gasteiger partial charge in [-0.15, -0.1) is 0 Å². The van der Waals surface area contributed by atoms with Gasteiger partial charge >= 0.3 is 11.9 Å². The molecule has 13 heteroatoms. The molecule has 59 heavy (non-hydrogen) atoms. The molecule has 12 nitrogen and oxygen atoms in total. The molecule has 0 aromatic rings. The second kappa shape index (κ2) is 36.5. The van der Waals surface area contributed by atoms with Crippen molar-refractivity contribution in [1.82, 2.24) is 0 Å². The van der Waals surface area contributed by atoms with Gasteiger partial charge in [0, 0.05) is 12.8 Å². The third-order valence-corrected chi connectivity index (χ3v) is 11.3. The van der Waals surface area contributed by atoms with E-state index in [1.54, 1.807) is 0 Å². The topological polar surface area (TPSA) is 186 Å². The molecule has 0 amide bonds. The fourth-order valence-electron chi connectivity index (χ4n) is 6.97. The van der Waals surface area contributed by atoms with Crippen LogP contribution in [0.4, 0.5) is 0 Å². The van der Waals surface area contributed by atoms with Crippen molar-refractivity contribution in [3.8, 4) is 0 Å². The molecular weight excluding hydrogens is 777 g/mol. The van der Waals surface area contributed by atoms with Gasteiger partial charge in [-0.25, -0.2) is 0 Å². The van der Waals surface area contributed by atoms with E-state index >= 15 is 0 Å². The van der Waals surface area contributed by atoms with Gasteiger partial charge in [-0.2, -0.15) is 8.42 Å². The highest BCUT2D eigenvalue weighted by Gasteiger charge is 2.46. The number of aliphatic hydroxyl groups excluding tert-OH is 3. The molecule has 344 valence electrons. The maximum absolute atomic E-state index is 12.8. The number of carbonyl (C=O) groups excluding carboxylic acids is 2. The van der Waals surface area contributed by atoms with Crippen LogP contribution in [-0.4, -0.2) is 96.0 Å². The smallest absolute Gasteiger partial charge is 0.306 e. The predicted molar refractivity (Wildman–Crippen MR) is 233 cm³/mol. The lowest BCUT2D eigenvalue weighted by molar-refractivity contribution is -0.297. The summed E-state index contributed by atoms with van der Waals surface area (Å²) in [5.41, 5.74) is 0. The van der Waals surface area contributed by atoms with Crippen LogP contribution in [0.2, 0.25) is 0 Å². The van der Waals surface area contributed by atoms with Gasteiger partial charge in [0.05, 0.1) is 6.61 Å². The van der Waals surface area contributed by atoms with E-state index in [-0.39, 0.29) is 19.4 Å². The first-order valence-electron chi connectivity index (χ1n) is 23.1. The predicted octanol–water partition coefficient (Wildman–Crippen LogP) is 9.39. The Labute approximate surface area is 357 Å². The van der Waals surface area contributed by atoms with Crippen LogP contribution in [0.1, 0.15) is 187 Å². The first-order valence-corrected chi connectivity index (χ1v) is 24.7. The highest BCUT2D eigenvalue weighted by atomic mass is 32.2. The van der Waals surface area contributed by atoms with Crippen molar-refractivity contribution in [3.63, 3.8) is 0 Å². The summed E-state index contributed by atoms with van der Waals surface area (Å²) in [4.78, 5) is 25.4. The molecule has 0 aromatic heterocycles. The molecule has 1 rings (SSSR count). The van der Waals surface area contributed by atoms with Crippen molar-refractivity contribution in [2.45, 2.75) is 224 Å². The van der Waals surface area contributed by atoms with Crippen LogP contribution < -0.4 is 0 Å². The van der Waals surface area contributed by atoms with Gasteiger partial charge in [0.2, 0.25) is 0 Å². The minimum atomic E-state index is -4.60. The summed E-state index contributed by atoms with van der Waals surface area (Å²) in [6.07, 6.45) is 31.9. The highest BCUT2D eigenvalue weighted by Crippen LogP contribution is 2.24. The Balaban J connectivity index is 2.41. The number of hydrogen-bond acceptors (Lipinski definition) is 11. The Hall–Kier alpha value is -2.13. The molecule has 0 saturated carbocycles. The zero-order chi connectivity index (χ0) is 43.4. The summed E-state index contributed by atoms with van der Waals surface area (Å²) < 4.78 is 54.0. The molecule has 1 heterocycles. The molecular formula is C46H82O12S. The van der Waals surface area contributed by atoms with Gasteiger partial charge in [-0.05, 0) is 32.1 Å². The molecule has 4 N–H and O–H groups in total. The maximum Gasteiger partial charge on any atom is 0.306 e. The van der Waals surface area contributed by atoms with E-state index in [0.29, 0.717) is 12.8 Å². The third-order valence-electron chi connectivity index (χ3n) is 10.5. The second-order valence-electron chi connectivity index (χ2n) is 16.1.